The Labute approximate surface area is 226 Å². The summed E-state index contributed by atoms with van der Waals surface area (Å²) in [6.45, 7) is 0.343. The fraction of sp³-hybridized carbons (Fsp3) is 0.250. The van der Waals surface area contributed by atoms with Crippen LogP contribution in [0, 0.1) is 0 Å². The lowest BCUT2D eigenvalue weighted by Crippen LogP contribution is -2.52. The molecule has 0 radical (unpaired) electrons. The first kappa shape index (κ1) is 23.6. The zero-order valence-corrected chi connectivity index (χ0v) is 21.5. The lowest BCUT2D eigenvalue weighted by Gasteiger charge is -2.30. The van der Waals surface area contributed by atoms with E-state index in [1.54, 1.807) is 4.90 Å². The lowest BCUT2D eigenvalue weighted by atomic mass is 9.91. The van der Waals surface area contributed by atoms with E-state index in [1.807, 2.05) is 36.4 Å². The third kappa shape index (κ3) is 3.96. The van der Waals surface area contributed by atoms with Crippen LogP contribution in [0.15, 0.2) is 78.9 Å². The molecule has 1 atom stereocenters. The van der Waals surface area contributed by atoms with Gasteiger partial charge >= 0.3 is 0 Å². The van der Waals surface area contributed by atoms with Gasteiger partial charge in [0.15, 0.2) is 0 Å². The summed E-state index contributed by atoms with van der Waals surface area (Å²) >= 11 is 0. The van der Waals surface area contributed by atoms with Gasteiger partial charge in [-0.25, -0.2) is 4.98 Å². The number of piperidine rings is 1. The average Bonchev–Trinajstić information content (AvgIpc) is 3.47. The van der Waals surface area contributed by atoms with E-state index in [0.717, 1.165) is 52.3 Å². The highest BCUT2D eigenvalue weighted by Crippen LogP contribution is 2.44. The average molecular weight is 517 g/mol. The van der Waals surface area contributed by atoms with Crippen molar-refractivity contribution in [1.82, 2.24) is 19.8 Å². The molecule has 1 aliphatic carbocycles. The second-order valence-electron chi connectivity index (χ2n) is 10.6. The topological polar surface area (TPSA) is 84.3 Å². The zero-order chi connectivity index (χ0) is 26.5. The van der Waals surface area contributed by atoms with Crippen LogP contribution in [0.25, 0.3) is 33.9 Å². The van der Waals surface area contributed by atoms with Crippen molar-refractivity contribution in [3.8, 4) is 33.9 Å². The van der Waals surface area contributed by atoms with Gasteiger partial charge in [-0.1, -0.05) is 66.7 Å². The Morgan fingerprint density at radius 2 is 1.51 bits per heavy atom. The molecular weight excluding hydrogens is 488 g/mol. The van der Waals surface area contributed by atoms with Gasteiger partial charge in [-0.15, -0.1) is 0 Å². The molecule has 39 heavy (non-hydrogen) atoms. The predicted molar refractivity (Wildman–Crippen MR) is 147 cm³/mol. The molecule has 2 aliphatic heterocycles. The number of carbonyl (C=O) groups is 3. The first-order valence-electron chi connectivity index (χ1n) is 13.6. The van der Waals surface area contributed by atoms with Crippen molar-refractivity contribution in [3.05, 3.63) is 90.0 Å². The molecule has 1 N–H and O–H groups in total. The number of nitrogens with one attached hydrogen (secondary N) is 1. The van der Waals surface area contributed by atoms with Crippen LogP contribution in [0.3, 0.4) is 0 Å². The standard InChI is InChI=1S/C32H28N4O3/c37-27-17-16-26(31(38)33-27)35-19-23-18-22(14-15-25(23)32(35)39)30-34-28(20-8-3-1-4-9-20)29(21-10-5-2-6-11-21)36(30)24-12-7-13-24/h1-6,8-11,14-15,18,24,26H,7,12-13,16-17,19H2,(H,33,37,38). The molecule has 4 aromatic rings. The third-order valence-corrected chi connectivity index (χ3v) is 8.23. The van der Waals surface area contributed by atoms with Gasteiger partial charge in [0.25, 0.3) is 5.91 Å². The molecule has 1 saturated heterocycles. The molecule has 3 aromatic carbocycles. The number of carbonyl (C=O) groups excluding carboxylic acids is 3. The number of amides is 3. The molecule has 7 rings (SSSR count). The van der Waals surface area contributed by atoms with E-state index in [4.69, 9.17) is 4.98 Å². The summed E-state index contributed by atoms with van der Waals surface area (Å²) in [5.41, 5.74) is 6.70. The molecule has 1 saturated carbocycles. The van der Waals surface area contributed by atoms with E-state index in [9.17, 15) is 14.4 Å². The van der Waals surface area contributed by atoms with Crippen LogP contribution < -0.4 is 5.32 Å². The summed E-state index contributed by atoms with van der Waals surface area (Å²) in [5, 5.41) is 2.38. The highest BCUT2D eigenvalue weighted by Gasteiger charge is 2.39. The number of aromatic nitrogens is 2. The first-order valence-corrected chi connectivity index (χ1v) is 13.6. The third-order valence-electron chi connectivity index (χ3n) is 8.23. The van der Waals surface area contributed by atoms with E-state index >= 15 is 0 Å². The fourth-order valence-corrected chi connectivity index (χ4v) is 6.02. The maximum atomic E-state index is 13.3. The lowest BCUT2D eigenvalue weighted by molar-refractivity contribution is -0.136. The Kier molecular flexibility index (Phi) is 5.65. The van der Waals surface area contributed by atoms with Gasteiger partial charge in [-0.05, 0) is 43.4 Å². The smallest absolute Gasteiger partial charge is 0.255 e. The molecule has 2 fully saturated rings. The van der Waals surface area contributed by atoms with Crippen molar-refractivity contribution in [2.24, 2.45) is 0 Å². The van der Waals surface area contributed by atoms with Crippen LogP contribution in [0.2, 0.25) is 0 Å². The van der Waals surface area contributed by atoms with Crippen molar-refractivity contribution in [2.75, 3.05) is 0 Å². The number of rotatable bonds is 5. The number of hydrogen-bond donors (Lipinski definition) is 1. The van der Waals surface area contributed by atoms with Crippen LogP contribution in [0.5, 0.6) is 0 Å². The number of nitrogens with zero attached hydrogens (tertiary/aromatic N) is 3. The van der Waals surface area contributed by atoms with Crippen LogP contribution >= 0.6 is 0 Å². The largest absolute Gasteiger partial charge is 0.322 e. The second-order valence-corrected chi connectivity index (χ2v) is 10.6. The number of fused-ring (bicyclic) bond motifs is 1. The van der Waals surface area contributed by atoms with Gasteiger partial charge in [-0.3, -0.25) is 19.7 Å². The minimum absolute atomic E-state index is 0.164. The van der Waals surface area contributed by atoms with E-state index in [1.165, 1.54) is 6.42 Å². The van der Waals surface area contributed by atoms with Crippen molar-refractivity contribution in [1.29, 1.82) is 0 Å². The predicted octanol–water partition coefficient (Wildman–Crippen LogP) is 5.37. The summed E-state index contributed by atoms with van der Waals surface area (Å²) in [4.78, 5) is 44.3. The molecule has 1 aromatic heterocycles. The van der Waals surface area contributed by atoms with Gasteiger partial charge in [0.2, 0.25) is 11.8 Å². The monoisotopic (exact) mass is 516 g/mol. The fourth-order valence-electron chi connectivity index (χ4n) is 6.02. The Bertz CT molecular complexity index is 1610. The summed E-state index contributed by atoms with van der Waals surface area (Å²) in [7, 11) is 0. The maximum absolute atomic E-state index is 13.3. The quantitative estimate of drug-likeness (QED) is 0.362. The molecule has 3 heterocycles. The van der Waals surface area contributed by atoms with E-state index in [0.29, 0.717) is 24.6 Å². The van der Waals surface area contributed by atoms with Crippen molar-refractivity contribution >= 4 is 17.7 Å². The van der Waals surface area contributed by atoms with Gasteiger partial charge in [0.05, 0.1) is 11.4 Å². The van der Waals surface area contributed by atoms with Gasteiger partial charge in [0, 0.05) is 41.3 Å². The molecule has 3 aliphatic rings. The first-order chi connectivity index (χ1) is 19.1. The molecule has 194 valence electrons. The molecule has 0 spiro atoms. The van der Waals surface area contributed by atoms with Crippen LogP contribution in [-0.4, -0.2) is 38.2 Å². The minimum Gasteiger partial charge on any atom is -0.322 e. The molecule has 7 heteroatoms. The molecule has 7 nitrogen and oxygen atoms in total. The van der Waals surface area contributed by atoms with Gasteiger partial charge in [-0.2, -0.15) is 0 Å². The zero-order valence-electron chi connectivity index (χ0n) is 21.5. The van der Waals surface area contributed by atoms with Crippen molar-refractivity contribution < 1.29 is 14.4 Å². The van der Waals surface area contributed by atoms with Gasteiger partial charge in [0.1, 0.15) is 11.9 Å². The van der Waals surface area contributed by atoms with Crippen molar-refractivity contribution in [3.63, 3.8) is 0 Å². The van der Waals surface area contributed by atoms with Crippen LogP contribution in [-0.2, 0) is 16.1 Å². The Hall–Kier alpha value is -4.52. The Morgan fingerprint density at radius 3 is 2.18 bits per heavy atom. The second kappa shape index (κ2) is 9.34. The highest BCUT2D eigenvalue weighted by molar-refractivity contribution is 6.05. The minimum atomic E-state index is -0.627. The summed E-state index contributed by atoms with van der Waals surface area (Å²) in [6.07, 6.45) is 3.99. The number of imide groups is 1. The Balaban J connectivity index is 1.34. The number of hydrogen-bond acceptors (Lipinski definition) is 4. The van der Waals surface area contributed by atoms with Crippen LogP contribution in [0.4, 0.5) is 0 Å². The van der Waals surface area contributed by atoms with Gasteiger partial charge < -0.3 is 9.47 Å². The summed E-state index contributed by atoms with van der Waals surface area (Å²) < 4.78 is 2.40. The number of imidazole rings is 1. The normalized spacial score (nSPS) is 19.1. The van der Waals surface area contributed by atoms with E-state index in [2.05, 4.69) is 52.3 Å². The molecular formula is C32H28N4O3. The molecule has 1 unspecified atom stereocenters. The summed E-state index contributed by atoms with van der Waals surface area (Å²) in [6, 6.07) is 26.4. The van der Waals surface area contributed by atoms with Crippen LogP contribution in [0.1, 0.15) is 54.1 Å². The number of benzene rings is 3. The Morgan fingerprint density at radius 1 is 0.795 bits per heavy atom. The maximum Gasteiger partial charge on any atom is 0.255 e. The highest BCUT2D eigenvalue weighted by atomic mass is 16.2. The SMILES string of the molecule is O=C1CCC(N2Cc3cc(-c4nc(-c5ccccc5)c(-c5ccccc5)n4C4CCC4)ccc3C2=O)C(=O)N1. The molecule has 3 amide bonds. The summed E-state index contributed by atoms with van der Waals surface area (Å²) in [5.74, 6) is 0.0533. The van der Waals surface area contributed by atoms with E-state index < -0.39 is 11.9 Å². The van der Waals surface area contributed by atoms with E-state index in [-0.39, 0.29) is 18.2 Å². The molecule has 0 bridgehead atoms. The van der Waals surface area contributed by atoms with Crippen molar-refractivity contribution in [2.45, 2.75) is 50.7 Å².